The fraction of sp³-hybridized carbons (Fsp3) is 0.865. The number of rotatable bonds is 28. The Balaban J connectivity index is 1.17. The van der Waals surface area contributed by atoms with Gasteiger partial charge in [0.15, 0.2) is 0 Å². The SMILES string of the molecule is CC(C)(C)OC(=O)NCCCC[C@H](NC(=O)C(CCCCCCCCN1C(=O)C2CCCCC2C1=O)C1CCCC1)C(=O)N[C@@H](CC1CCCCC1)C(=O)C(=O)NCCNS(=O)(=O)C1CCCCC1. The lowest BCUT2D eigenvalue weighted by Gasteiger charge is -2.29. The van der Waals surface area contributed by atoms with Gasteiger partial charge in [-0.25, -0.2) is 17.9 Å². The van der Waals surface area contributed by atoms with Gasteiger partial charge in [0.2, 0.25) is 39.4 Å². The minimum atomic E-state index is -3.55. The molecule has 0 aromatic heterocycles. The number of fused-ring (bicyclic) bond motifs is 1. The van der Waals surface area contributed by atoms with Crippen LogP contribution >= 0.6 is 0 Å². The molecule has 392 valence electrons. The first-order valence-electron chi connectivity index (χ1n) is 27.3. The lowest BCUT2D eigenvalue weighted by atomic mass is 9.81. The van der Waals surface area contributed by atoms with E-state index in [4.69, 9.17) is 4.74 Å². The minimum Gasteiger partial charge on any atom is -0.444 e. The second-order valence-electron chi connectivity index (χ2n) is 22.0. The molecule has 4 aliphatic carbocycles. The lowest BCUT2D eigenvalue weighted by Crippen LogP contribution is -2.55. The molecule has 69 heavy (non-hydrogen) atoms. The van der Waals surface area contributed by atoms with Gasteiger partial charge in [0.25, 0.3) is 5.91 Å². The smallest absolute Gasteiger partial charge is 0.407 e. The predicted molar refractivity (Wildman–Crippen MR) is 265 cm³/mol. The highest BCUT2D eigenvalue weighted by Crippen LogP contribution is 2.38. The first kappa shape index (κ1) is 56.3. The third-order valence-electron chi connectivity index (χ3n) is 15.5. The Hall–Kier alpha value is -3.60. The van der Waals surface area contributed by atoms with E-state index in [1.165, 1.54) is 4.90 Å². The molecule has 5 rings (SSSR count). The van der Waals surface area contributed by atoms with E-state index < -0.39 is 56.6 Å². The Kier molecular flexibility index (Phi) is 23.2. The van der Waals surface area contributed by atoms with Crippen LogP contribution in [-0.4, -0.2) is 104 Å². The van der Waals surface area contributed by atoms with Crippen molar-refractivity contribution in [2.45, 2.75) is 230 Å². The summed E-state index contributed by atoms with van der Waals surface area (Å²) < 4.78 is 33.6. The molecule has 5 N–H and O–H groups in total. The molecule has 5 aliphatic rings. The topological polar surface area (TPSA) is 226 Å². The van der Waals surface area contributed by atoms with Crippen LogP contribution in [0.1, 0.15) is 207 Å². The number of ketones is 1. The number of carbonyl (C=O) groups is 7. The highest BCUT2D eigenvalue weighted by molar-refractivity contribution is 7.90. The van der Waals surface area contributed by atoms with E-state index in [2.05, 4.69) is 26.0 Å². The van der Waals surface area contributed by atoms with E-state index in [1.807, 2.05) is 0 Å². The Labute approximate surface area is 413 Å². The number of carbonyl (C=O) groups excluding carboxylic acids is 7. The minimum absolute atomic E-state index is 0.0252. The number of likely N-dealkylation sites (tertiary alicyclic amines) is 1. The molecule has 0 bridgehead atoms. The van der Waals surface area contributed by atoms with Gasteiger partial charge in [-0.2, -0.15) is 0 Å². The summed E-state index contributed by atoms with van der Waals surface area (Å²) in [5.74, 6) is -2.53. The highest BCUT2D eigenvalue weighted by atomic mass is 32.2. The maximum atomic E-state index is 14.4. The Morgan fingerprint density at radius 3 is 1.80 bits per heavy atom. The Bertz CT molecular complexity index is 1780. The summed E-state index contributed by atoms with van der Waals surface area (Å²) in [4.78, 5) is 95.7. The molecule has 0 spiro atoms. The van der Waals surface area contributed by atoms with Crippen molar-refractivity contribution in [2.75, 3.05) is 26.2 Å². The highest BCUT2D eigenvalue weighted by Gasteiger charge is 2.47. The maximum Gasteiger partial charge on any atom is 0.407 e. The van der Waals surface area contributed by atoms with E-state index in [1.54, 1.807) is 20.8 Å². The summed E-state index contributed by atoms with van der Waals surface area (Å²) in [6, 6.07) is -2.11. The molecule has 0 radical (unpaired) electrons. The van der Waals surface area contributed by atoms with Crippen molar-refractivity contribution in [1.82, 2.24) is 30.9 Å². The van der Waals surface area contributed by atoms with Gasteiger partial charge in [-0.1, -0.05) is 109 Å². The number of alkyl carbamates (subject to hydrolysis) is 1. The first-order chi connectivity index (χ1) is 33.0. The quantitative estimate of drug-likeness (QED) is 0.0299. The molecule has 0 aromatic carbocycles. The van der Waals surface area contributed by atoms with Crippen molar-refractivity contribution in [3.8, 4) is 0 Å². The summed E-state index contributed by atoms with van der Waals surface area (Å²) in [5, 5.41) is 10.9. The molecular formula is C52H88N6O10S. The van der Waals surface area contributed by atoms with Crippen LogP contribution in [0, 0.1) is 29.6 Å². The van der Waals surface area contributed by atoms with Gasteiger partial charge in [-0.15, -0.1) is 0 Å². The molecule has 4 saturated carbocycles. The van der Waals surface area contributed by atoms with E-state index in [9.17, 15) is 42.0 Å². The number of nitrogens with zero attached hydrogens (tertiary/aromatic N) is 1. The second kappa shape index (κ2) is 28.4. The number of Topliss-reactive ketones (excluding diaryl/α,β-unsaturated/α-hetero) is 1. The molecule has 5 atom stereocenters. The summed E-state index contributed by atoms with van der Waals surface area (Å²) in [7, 11) is -3.55. The van der Waals surface area contributed by atoms with Gasteiger partial charge in [-0.05, 0) is 110 Å². The molecule has 3 unspecified atom stereocenters. The van der Waals surface area contributed by atoms with E-state index in [-0.39, 0.29) is 73.2 Å². The first-order valence-corrected chi connectivity index (χ1v) is 28.8. The lowest BCUT2D eigenvalue weighted by molar-refractivity contribution is -0.141. The molecule has 0 aromatic rings. The molecule has 6 amide bonds. The Morgan fingerprint density at radius 2 is 1.16 bits per heavy atom. The zero-order valence-electron chi connectivity index (χ0n) is 42.4. The zero-order valence-corrected chi connectivity index (χ0v) is 43.2. The van der Waals surface area contributed by atoms with Gasteiger partial charge >= 0.3 is 6.09 Å². The van der Waals surface area contributed by atoms with Crippen molar-refractivity contribution in [3.63, 3.8) is 0 Å². The zero-order chi connectivity index (χ0) is 49.8. The molecule has 1 heterocycles. The summed E-state index contributed by atoms with van der Waals surface area (Å²) in [6.45, 7) is 6.02. The van der Waals surface area contributed by atoms with Crippen LogP contribution in [0.15, 0.2) is 0 Å². The van der Waals surface area contributed by atoms with Crippen LogP contribution in [0.5, 0.6) is 0 Å². The van der Waals surface area contributed by atoms with Crippen LogP contribution in [0.25, 0.3) is 0 Å². The number of nitrogens with one attached hydrogen (secondary N) is 5. The fourth-order valence-corrected chi connectivity index (χ4v) is 13.2. The third-order valence-corrected chi connectivity index (χ3v) is 17.4. The summed E-state index contributed by atoms with van der Waals surface area (Å²) in [6.07, 6.45) is 23.6. The number of unbranched alkanes of at least 4 members (excludes halogenated alkanes) is 6. The predicted octanol–water partition coefficient (Wildman–Crippen LogP) is 7.27. The Morgan fingerprint density at radius 1 is 0.609 bits per heavy atom. The molecule has 16 nitrogen and oxygen atoms in total. The van der Waals surface area contributed by atoms with Crippen LogP contribution in [0.3, 0.4) is 0 Å². The third kappa shape index (κ3) is 18.5. The van der Waals surface area contributed by atoms with E-state index >= 15 is 0 Å². The summed E-state index contributed by atoms with van der Waals surface area (Å²) >= 11 is 0. The van der Waals surface area contributed by atoms with Crippen molar-refractivity contribution in [2.24, 2.45) is 29.6 Å². The molecule has 17 heteroatoms. The number of ether oxygens (including phenoxy) is 1. The number of hydrogen-bond donors (Lipinski definition) is 5. The molecular weight excluding hydrogens is 901 g/mol. The average molecular weight is 989 g/mol. The van der Waals surface area contributed by atoms with Crippen LogP contribution in [0.2, 0.25) is 0 Å². The molecule has 5 fully saturated rings. The van der Waals surface area contributed by atoms with Gasteiger partial charge in [-0.3, -0.25) is 33.7 Å². The maximum absolute atomic E-state index is 14.4. The normalized spacial score (nSPS) is 22.1. The van der Waals surface area contributed by atoms with Crippen molar-refractivity contribution in [3.05, 3.63) is 0 Å². The number of imide groups is 1. The largest absolute Gasteiger partial charge is 0.444 e. The standard InChI is InChI=1S/C52H88N6O10S/c1-52(2,3)68-51(65)54-32-20-19-31-43(47(61)57-44(36-37-22-10-8-11-23-37)45(59)48(62)53-33-34-55-69(66,67)39-26-12-9-13-27-39)56-46(60)40(38-24-15-16-25-38)28-14-6-4-5-7-21-35-58-49(63)41-29-17-18-30-42(41)50(58)64/h37-44,55H,4-36H2,1-3H3,(H,53,62)(H,54,65)(H,56,60)(H,57,61)/t40?,41?,42?,43-,44-/m0/s1. The van der Waals surface area contributed by atoms with E-state index in [0.717, 1.165) is 141 Å². The number of sulfonamides is 1. The van der Waals surface area contributed by atoms with Gasteiger partial charge in [0.05, 0.1) is 23.1 Å². The number of hydrogen-bond acceptors (Lipinski definition) is 10. The van der Waals surface area contributed by atoms with Crippen LogP contribution < -0.4 is 26.0 Å². The van der Waals surface area contributed by atoms with Gasteiger partial charge in [0.1, 0.15) is 11.6 Å². The van der Waals surface area contributed by atoms with Crippen molar-refractivity contribution >= 4 is 51.4 Å². The summed E-state index contributed by atoms with van der Waals surface area (Å²) in [5.41, 5.74) is -0.653. The number of amides is 6. The fourth-order valence-electron chi connectivity index (χ4n) is 11.6. The van der Waals surface area contributed by atoms with Crippen LogP contribution in [0.4, 0.5) is 4.79 Å². The van der Waals surface area contributed by atoms with E-state index in [0.29, 0.717) is 45.2 Å². The van der Waals surface area contributed by atoms with Gasteiger partial charge in [0, 0.05) is 32.1 Å². The van der Waals surface area contributed by atoms with Crippen molar-refractivity contribution in [1.29, 1.82) is 0 Å². The average Bonchev–Trinajstić information content (AvgIpc) is 3.94. The van der Waals surface area contributed by atoms with Gasteiger partial charge < -0.3 is 26.0 Å². The van der Waals surface area contributed by atoms with Crippen LogP contribution in [-0.2, 0) is 43.5 Å². The second-order valence-corrected chi connectivity index (χ2v) is 24.0. The molecule has 1 saturated heterocycles. The monoisotopic (exact) mass is 989 g/mol. The van der Waals surface area contributed by atoms with Crippen molar-refractivity contribution < 1.29 is 46.7 Å². The molecule has 1 aliphatic heterocycles.